The molecule has 0 amide bonds. The molecule has 0 fully saturated rings. The predicted octanol–water partition coefficient (Wildman–Crippen LogP) is 6.19. The molecule has 0 aliphatic carbocycles. The van der Waals surface area contributed by atoms with Crippen molar-refractivity contribution in [3.05, 3.63) is 75.4 Å². The molecule has 0 radical (unpaired) electrons. The lowest BCUT2D eigenvalue weighted by Crippen LogP contribution is -2.05. The van der Waals surface area contributed by atoms with Gasteiger partial charge in [-0.15, -0.1) is 0 Å². The van der Waals surface area contributed by atoms with Crippen LogP contribution in [0.15, 0.2) is 59.1 Å². The summed E-state index contributed by atoms with van der Waals surface area (Å²) in [5, 5.41) is 3.34. The molecular formula is C18H12BrClF3N3. The van der Waals surface area contributed by atoms with Crippen molar-refractivity contribution in [2.45, 2.75) is 12.7 Å². The Morgan fingerprint density at radius 1 is 0.962 bits per heavy atom. The average molecular weight is 443 g/mol. The van der Waals surface area contributed by atoms with Crippen molar-refractivity contribution in [2.75, 3.05) is 5.32 Å². The van der Waals surface area contributed by atoms with Crippen molar-refractivity contribution < 1.29 is 13.2 Å². The fourth-order valence-electron chi connectivity index (χ4n) is 2.24. The molecule has 1 N–H and O–H groups in total. The van der Waals surface area contributed by atoms with Gasteiger partial charge in [0.1, 0.15) is 11.0 Å². The van der Waals surface area contributed by atoms with Gasteiger partial charge >= 0.3 is 6.18 Å². The van der Waals surface area contributed by atoms with Crippen molar-refractivity contribution in [3.8, 4) is 11.4 Å². The highest BCUT2D eigenvalue weighted by Gasteiger charge is 2.30. The number of nitrogens with one attached hydrogen (secondary N) is 1. The fourth-order valence-corrected chi connectivity index (χ4v) is 2.69. The quantitative estimate of drug-likeness (QED) is 0.490. The maximum atomic E-state index is 12.7. The standard InChI is InChI=1S/C18H12BrClF3N3/c19-14-7-1-11(2-8-14)10-24-16-9-15(20)25-17(26-16)12-3-5-13(6-4-12)18(21,22)23/h1-9H,10H2,(H,24,25,26). The summed E-state index contributed by atoms with van der Waals surface area (Å²) >= 11 is 9.40. The fraction of sp³-hybridized carbons (Fsp3) is 0.111. The van der Waals surface area contributed by atoms with Crippen LogP contribution in [0.2, 0.25) is 5.15 Å². The Balaban J connectivity index is 1.80. The van der Waals surface area contributed by atoms with E-state index >= 15 is 0 Å². The van der Waals surface area contributed by atoms with Gasteiger partial charge in [-0.2, -0.15) is 13.2 Å². The first kappa shape index (κ1) is 18.7. The van der Waals surface area contributed by atoms with E-state index in [0.717, 1.165) is 22.2 Å². The molecule has 1 aromatic heterocycles. The van der Waals surface area contributed by atoms with Gasteiger partial charge in [-0.25, -0.2) is 9.97 Å². The van der Waals surface area contributed by atoms with E-state index in [-0.39, 0.29) is 11.0 Å². The monoisotopic (exact) mass is 441 g/mol. The molecule has 3 nitrogen and oxygen atoms in total. The van der Waals surface area contributed by atoms with Gasteiger partial charge in [0, 0.05) is 22.6 Å². The van der Waals surface area contributed by atoms with Crippen LogP contribution in [0.5, 0.6) is 0 Å². The van der Waals surface area contributed by atoms with E-state index in [1.54, 1.807) is 6.07 Å². The molecule has 0 unspecified atom stereocenters. The number of aromatic nitrogens is 2. The molecule has 0 aliphatic heterocycles. The Labute approximate surface area is 161 Å². The third-order valence-corrected chi connectivity index (χ3v) is 4.27. The number of nitrogens with zero attached hydrogens (tertiary/aromatic N) is 2. The zero-order valence-electron chi connectivity index (χ0n) is 13.2. The number of alkyl halides is 3. The van der Waals surface area contributed by atoms with Gasteiger partial charge in [0.15, 0.2) is 5.82 Å². The van der Waals surface area contributed by atoms with Gasteiger partial charge in [-0.3, -0.25) is 0 Å². The molecular weight excluding hydrogens is 431 g/mol. The summed E-state index contributed by atoms with van der Waals surface area (Å²) in [4.78, 5) is 8.42. The second kappa shape index (κ2) is 7.63. The number of hydrogen-bond donors (Lipinski definition) is 1. The van der Waals surface area contributed by atoms with Crippen LogP contribution in [-0.4, -0.2) is 9.97 Å². The van der Waals surface area contributed by atoms with Gasteiger partial charge in [0.25, 0.3) is 0 Å². The second-order valence-electron chi connectivity index (χ2n) is 5.45. The number of halogens is 5. The predicted molar refractivity (Wildman–Crippen MR) is 98.9 cm³/mol. The van der Waals surface area contributed by atoms with Crippen molar-refractivity contribution >= 4 is 33.3 Å². The molecule has 134 valence electrons. The lowest BCUT2D eigenvalue weighted by Gasteiger charge is -2.10. The summed E-state index contributed by atoms with van der Waals surface area (Å²) in [5.74, 6) is 0.743. The first-order valence-electron chi connectivity index (χ1n) is 7.52. The van der Waals surface area contributed by atoms with E-state index in [4.69, 9.17) is 11.6 Å². The molecule has 1 heterocycles. The Bertz CT molecular complexity index is 897. The van der Waals surface area contributed by atoms with Crippen LogP contribution in [-0.2, 0) is 12.7 Å². The first-order valence-corrected chi connectivity index (χ1v) is 8.69. The van der Waals surface area contributed by atoms with Crippen LogP contribution >= 0.6 is 27.5 Å². The Hall–Kier alpha value is -2.12. The van der Waals surface area contributed by atoms with Gasteiger partial charge < -0.3 is 5.32 Å². The highest BCUT2D eigenvalue weighted by Crippen LogP contribution is 2.30. The maximum absolute atomic E-state index is 12.7. The van der Waals surface area contributed by atoms with E-state index in [2.05, 4.69) is 31.2 Å². The topological polar surface area (TPSA) is 37.8 Å². The molecule has 0 saturated carbocycles. The number of rotatable bonds is 4. The first-order chi connectivity index (χ1) is 12.3. The Morgan fingerprint density at radius 3 is 2.23 bits per heavy atom. The van der Waals surface area contributed by atoms with E-state index in [1.807, 2.05) is 24.3 Å². The van der Waals surface area contributed by atoms with Crippen molar-refractivity contribution in [2.24, 2.45) is 0 Å². The maximum Gasteiger partial charge on any atom is 0.416 e. The third kappa shape index (κ3) is 4.74. The molecule has 3 aromatic rings. The van der Waals surface area contributed by atoms with Crippen LogP contribution in [0.1, 0.15) is 11.1 Å². The lowest BCUT2D eigenvalue weighted by molar-refractivity contribution is -0.137. The minimum absolute atomic E-state index is 0.202. The molecule has 0 bridgehead atoms. The van der Waals surface area contributed by atoms with Gasteiger partial charge in [0.05, 0.1) is 5.56 Å². The summed E-state index contributed by atoms with van der Waals surface area (Å²) in [6, 6.07) is 14.0. The Morgan fingerprint density at radius 2 is 1.62 bits per heavy atom. The van der Waals surface area contributed by atoms with E-state index < -0.39 is 11.7 Å². The molecule has 2 aromatic carbocycles. The number of hydrogen-bond acceptors (Lipinski definition) is 3. The molecule has 0 spiro atoms. The van der Waals surface area contributed by atoms with Gasteiger partial charge in [-0.05, 0) is 29.8 Å². The summed E-state index contributed by atoms with van der Waals surface area (Å²) in [7, 11) is 0. The van der Waals surface area contributed by atoms with Crippen molar-refractivity contribution in [1.82, 2.24) is 9.97 Å². The minimum Gasteiger partial charge on any atom is -0.366 e. The van der Waals surface area contributed by atoms with E-state index in [0.29, 0.717) is 17.9 Å². The molecule has 26 heavy (non-hydrogen) atoms. The van der Waals surface area contributed by atoms with Crippen molar-refractivity contribution in [1.29, 1.82) is 0 Å². The Kier molecular flexibility index (Phi) is 5.48. The van der Waals surface area contributed by atoms with Gasteiger partial charge in [-0.1, -0.05) is 51.8 Å². The van der Waals surface area contributed by atoms with Crippen LogP contribution < -0.4 is 5.32 Å². The highest BCUT2D eigenvalue weighted by atomic mass is 79.9. The van der Waals surface area contributed by atoms with E-state index in [9.17, 15) is 13.2 Å². The lowest BCUT2D eigenvalue weighted by atomic mass is 10.1. The largest absolute Gasteiger partial charge is 0.416 e. The molecule has 0 aliphatic rings. The number of benzene rings is 2. The van der Waals surface area contributed by atoms with Crippen LogP contribution in [0, 0.1) is 0 Å². The normalized spacial score (nSPS) is 11.4. The van der Waals surface area contributed by atoms with Crippen LogP contribution in [0.4, 0.5) is 19.0 Å². The highest BCUT2D eigenvalue weighted by molar-refractivity contribution is 9.10. The zero-order chi connectivity index (χ0) is 18.7. The summed E-state index contributed by atoms with van der Waals surface area (Å²) in [5.41, 5.74) is 0.767. The van der Waals surface area contributed by atoms with E-state index in [1.165, 1.54) is 12.1 Å². The number of anilines is 1. The average Bonchev–Trinajstić information content (AvgIpc) is 2.60. The van der Waals surface area contributed by atoms with Crippen LogP contribution in [0.25, 0.3) is 11.4 Å². The van der Waals surface area contributed by atoms with Gasteiger partial charge in [0.2, 0.25) is 0 Å². The molecule has 0 saturated heterocycles. The zero-order valence-corrected chi connectivity index (χ0v) is 15.5. The second-order valence-corrected chi connectivity index (χ2v) is 6.76. The summed E-state index contributed by atoms with van der Waals surface area (Å²) in [6.07, 6.45) is -4.38. The summed E-state index contributed by atoms with van der Waals surface area (Å²) < 4.78 is 39.0. The third-order valence-electron chi connectivity index (χ3n) is 3.55. The molecule has 8 heteroatoms. The molecule has 0 atom stereocenters. The SMILES string of the molecule is FC(F)(F)c1ccc(-c2nc(Cl)cc(NCc3ccc(Br)cc3)n2)cc1. The van der Waals surface area contributed by atoms with Crippen LogP contribution in [0.3, 0.4) is 0 Å². The minimum atomic E-state index is -4.38. The molecule has 3 rings (SSSR count). The summed E-state index contributed by atoms with van der Waals surface area (Å²) in [6.45, 7) is 0.521. The smallest absolute Gasteiger partial charge is 0.366 e. The van der Waals surface area contributed by atoms with Crippen molar-refractivity contribution in [3.63, 3.8) is 0 Å².